The van der Waals surface area contributed by atoms with Gasteiger partial charge in [-0.15, -0.1) is 11.3 Å². The summed E-state index contributed by atoms with van der Waals surface area (Å²) in [7, 11) is 0. The molecule has 0 saturated carbocycles. The fourth-order valence-corrected chi connectivity index (χ4v) is 3.88. The van der Waals surface area contributed by atoms with Gasteiger partial charge in [0.2, 0.25) is 0 Å². The van der Waals surface area contributed by atoms with Gasteiger partial charge in [0, 0.05) is 17.6 Å². The minimum atomic E-state index is -0.0118. The Morgan fingerprint density at radius 2 is 2.33 bits per heavy atom. The molecule has 2 rings (SSSR count). The van der Waals surface area contributed by atoms with Gasteiger partial charge in [0.1, 0.15) is 0 Å². The Bertz CT molecular complexity index is 397. The van der Waals surface area contributed by atoms with Crippen LogP contribution in [0.15, 0.2) is 14.3 Å². The molecule has 1 saturated heterocycles. The summed E-state index contributed by atoms with van der Waals surface area (Å²) in [5.41, 5.74) is 0. The molecule has 0 radical (unpaired) electrons. The van der Waals surface area contributed by atoms with Gasteiger partial charge in [0.05, 0.1) is 14.8 Å². The lowest BCUT2D eigenvalue weighted by Gasteiger charge is -2.22. The molecule has 0 spiro atoms. The highest BCUT2D eigenvalue weighted by atomic mass is 79.9. The molecule has 2 heterocycles. The summed E-state index contributed by atoms with van der Waals surface area (Å²) in [5.74, 6) is -0.0118. The lowest BCUT2D eigenvalue weighted by molar-refractivity contribution is 0.0117. The number of amides is 1. The molecular weight excluding hydrogens is 382 g/mol. The molecule has 1 unspecified atom stereocenters. The van der Waals surface area contributed by atoms with E-state index in [1.54, 1.807) is 0 Å². The van der Waals surface area contributed by atoms with Crippen molar-refractivity contribution in [2.45, 2.75) is 31.8 Å². The average molecular weight is 397 g/mol. The molecule has 3 nitrogen and oxygen atoms in total. The van der Waals surface area contributed by atoms with Crippen LogP contribution in [0.1, 0.15) is 35.4 Å². The number of thiophene rings is 1. The Morgan fingerprint density at radius 3 is 2.94 bits per heavy atom. The molecule has 1 fully saturated rings. The third-order valence-electron chi connectivity index (χ3n) is 2.89. The Kier molecular flexibility index (Phi) is 5.66. The molecule has 0 bridgehead atoms. The highest BCUT2D eigenvalue weighted by Gasteiger charge is 2.15. The summed E-state index contributed by atoms with van der Waals surface area (Å²) in [6, 6.07) is 1.83. The van der Waals surface area contributed by atoms with Crippen molar-refractivity contribution in [1.82, 2.24) is 5.32 Å². The number of hydrogen-bond acceptors (Lipinski definition) is 3. The SMILES string of the molecule is O=C(NCCC1CCCCO1)c1cc(Br)c(Br)s1. The van der Waals surface area contributed by atoms with E-state index in [1.807, 2.05) is 6.07 Å². The van der Waals surface area contributed by atoms with Crippen molar-refractivity contribution >= 4 is 49.1 Å². The fourth-order valence-electron chi connectivity index (χ4n) is 1.93. The number of halogens is 2. The number of rotatable bonds is 4. The molecule has 1 atom stereocenters. The van der Waals surface area contributed by atoms with E-state index in [1.165, 1.54) is 24.2 Å². The molecular formula is C12H15Br2NO2S. The minimum Gasteiger partial charge on any atom is -0.378 e. The van der Waals surface area contributed by atoms with Gasteiger partial charge in [-0.1, -0.05) is 0 Å². The summed E-state index contributed by atoms with van der Waals surface area (Å²) >= 11 is 8.20. The first-order chi connectivity index (χ1) is 8.66. The second-order valence-electron chi connectivity index (χ2n) is 4.27. The van der Waals surface area contributed by atoms with Gasteiger partial charge in [-0.2, -0.15) is 0 Å². The molecule has 1 aliphatic rings. The highest BCUT2D eigenvalue weighted by Crippen LogP contribution is 2.32. The molecule has 1 aromatic heterocycles. The summed E-state index contributed by atoms with van der Waals surface area (Å²) in [6.07, 6.45) is 4.75. The second kappa shape index (κ2) is 7.03. The first kappa shape index (κ1) is 14.5. The van der Waals surface area contributed by atoms with Crippen LogP contribution in [0, 0.1) is 0 Å². The van der Waals surface area contributed by atoms with Gasteiger partial charge in [0.15, 0.2) is 0 Å². The van der Waals surface area contributed by atoms with E-state index in [2.05, 4.69) is 37.2 Å². The summed E-state index contributed by atoms with van der Waals surface area (Å²) in [6.45, 7) is 1.54. The minimum absolute atomic E-state index is 0.0118. The van der Waals surface area contributed by atoms with Crippen LogP contribution in [0.3, 0.4) is 0 Å². The van der Waals surface area contributed by atoms with E-state index < -0.39 is 0 Å². The van der Waals surface area contributed by atoms with Gasteiger partial charge < -0.3 is 10.1 Å². The van der Waals surface area contributed by atoms with Crippen LogP contribution in [-0.2, 0) is 4.74 Å². The predicted molar refractivity (Wildman–Crippen MR) is 80.3 cm³/mol. The summed E-state index contributed by atoms with van der Waals surface area (Å²) < 4.78 is 7.50. The first-order valence-electron chi connectivity index (χ1n) is 6.01. The van der Waals surface area contributed by atoms with Crippen molar-refractivity contribution in [3.63, 3.8) is 0 Å². The van der Waals surface area contributed by atoms with Gasteiger partial charge >= 0.3 is 0 Å². The molecule has 0 aliphatic carbocycles. The molecule has 0 aromatic carbocycles. The fraction of sp³-hybridized carbons (Fsp3) is 0.583. The normalized spacial score (nSPS) is 19.8. The second-order valence-corrected chi connectivity index (χ2v) is 7.49. The van der Waals surface area contributed by atoms with E-state index in [9.17, 15) is 4.79 Å². The van der Waals surface area contributed by atoms with Crippen LogP contribution in [0.25, 0.3) is 0 Å². The van der Waals surface area contributed by atoms with E-state index in [4.69, 9.17) is 4.74 Å². The van der Waals surface area contributed by atoms with Crippen LogP contribution in [-0.4, -0.2) is 25.2 Å². The van der Waals surface area contributed by atoms with E-state index in [0.717, 1.165) is 32.6 Å². The molecule has 1 aromatic rings. The standard InChI is InChI=1S/C12H15Br2NO2S/c13-9-7-10(18-11(9)14)12(16)15-5-4-8-3-1-2-6-17-8/h7-8H,1-6H2,(H,15,16). The smallest absolute Gasteiger partial charge is 0.261 e. The van der Waals surface area contributed by atoms with E-state index in [0.29, 0.717) is 12.6 Å². The van der Waals surface area contributed by atoms with Crippen molar-refractivity contribution in [1.29, 1.82) is 0 Å². The van der Waals surface area contributed by atoms with Crippen LogP contribution >= 0.6 is 43.2 Å². The van der Waals surface area contributed by atoms with Crippen LogP contribution < -0.4 is 5.32 Å². The Morgan fingerprint density at radius 1 is 1.50 bits per heavy atom. The number of carbonyl (C=O) groups is 1. The van der Waals surface area contributed by atoms with Crippen molar-refractivity contribution in [2.24, 2.45) is 0 Å². The van der Waals surface area contributed by atoms with Crippen LogP contribution in [0.2, 0.25) is 0 Å². The Balaban J connectivity index is 1.74. The highest BCUT2D eigenvalue weighted by molar-refractivity contribution is 9.13. The molecule has 100 valence electrons. The molecule has 1 aliphatic heterocycles. The third kappa shape index (κ3) is 4.05. The number of ether oxygens (including phenoxy) is 1. The van der Waals surface area contributed by atoms with Crippen molar-refractivity contribution in [3.05, 3.63) is 19.2 Å². The number of nitrogens with one attached hydrogen (secondary N) is 1. The summed E-state index contributed by atoms with van der Waals surface area (Å²) in [5, 5.41) is 2.94. The molecule has 1 N–H and O–H groups in total. The first-order valence-corrected chi connectivity index (χ1v) is 8.41. The topological polar surface area (TPSA) is 38.3 Å². The monoisotopic (exact) mass is 395 g/mol. The molecule has 18 heavy (non-hydrogen) atoms. The lowest BCUT2D eigenvalue weighted by Crippen LogP contribution is -2.28. The van der Waals surface area contributed by atoms with E-state index >= 15 is 0 Å². The van der Waals surface area contributed by atoms with Gasteiger partial charge in [-0.3, -0.25) is 4.79 Å². The van der Waals surface area contributed by atoms with Gasteiger partial charge in [-0.25, -0.2) is 0 Å². The lowest BCUT2D eigenvalue weighted by atomic mass is 10.1. The van der Waals surface area contributed by atoms with Gasteiger partial charge in [-0.05, 0) is 63.6 Å². The van der Waals surface area contributed by atoms with Crippen LogP contribution in [0.4, 0.5) is 0 Å². The molecule has 1 amide bonds. The average Bonchev–Trinajstić information content (AvgIpc) is 2.71. The van der Waals surface area contributed by atoms with Crippen molar-refractivity contribution in [3.8, 4) is 0 Å². The zero-order valence-electron chi connectivity index (χ0n) is 9.88. The third-order valence-corrected chi connectivity index (χ3v) is 6.15. The number of carbonyl (C=O) groups excluding carboxylic acids is 1. The zero-order valence-corrected chi connectivity index (χ0v) is 13.9. The maximum Gasteiger partial charge on any atom is 0.261 e. The molecule has 6 heteroatoms. The predicted octanol–water partition coefficient (Wildman–Crippen LogP) is 3.96. The van der Waals surface area contributed by atoms with Crippen molar-refractivity contribution < 1.29 is 9.53 Å². The van der Waals surface area contributed by atoms with Gasteiger partial charge in [0.25, 0.3) is 5.91 Å². The summed E-state index contributed by atoms with van der Waals surface area (Å²) in [4.78, 5) is 12.6. The van der Waals surface area contributed by atoms with Crippen molar-refractivity contribution in [2.75, 3.05) is 13.2 Å². The largest absolute Gasteiger partial charge is 0.378 e. The maximum atomic E-state index is 11.9. The maximum absolute atomic E-state index is 11.9. The number of hydrogen-bond donors (Lipinski definition) is 1. The Labute approximate surface area is 128 Å². The quantitative estimate of drug-likeness (QED) is 0.836. The zero-order chi connectivity index (χ0) is 13.0. The Hall–Kier alpha value is 0.0900. The van der Waals surface area contributed by atoms with Crippen LogP contribution in [0.5, 0.6) is 0 Å². The van der Waals surface area contributed by atoms with E-state index in [-0.39, 0.29) is 5.91 Å².